The summed E-state index contributed by atoms with van der Waals surface area (Å²) < 4.78 is 13.1. The standard InChI is InChI=1S/C18H21FN2OS/c1-21(2)16(13-7-10-23-12-13)11-20-17(22)18(8-9-18)14-3-5-15(19)6-4-14/h3-7,10,12,16H,8-9,11H2,1-2H3,(H,20,22)/t16-/m1/s1. The second-order valence-corrected chi connectivity index (χ2v) is 7.12. The molecule has 122 valence electrons. The molecule has 1 atom stereocenters. The molecule has 1 aliphatic carbocycles. The van der Waals surface area contributed by atoms with Crippen LogP contribution in [0.1, 0.15) is 30.0 Å². The Bertz CT molecular complexity index is 663. The Labute approximate surface area is 140 Å². The normalized spacial score (nSPS) is 17.0. The summed E-state index contributed by atoms with van der Waals surface area (Å²) in [7, 11) is 4.03. The Morgan fingerprint density at radius 1 is 1.30 bits per heavy atom. The highest BCUT2D eigenvalue weighted by Gasteiger charge is 2.51. The third kappa shape index (κ3) is 3.31. The highest BCUT2D eigenvalue weighted by molar-refractivity contribution is 7.07. The number of halogens is 1. The summed E-state index contributed by atoms with van der Waals surface area (Å²) >= 11 is 1.66. The Kier molecular flexibility index (Phi) is 4.50. The number of rotatable bonds is 6. The van der Waals surface area contributed by atoms with Crippen LogP contribution >= 0.6 is 11.3 Å². The molecule has 1 aromatic heterocycles. The average Bonchev–Trinajstić information content (AvgIpc) is 3.17. The van der Waals surface area contributed by atoms with Gasteiger partial charge in [0, 0.05) is 6.54 Å². The van der Waals surface area contributed by atoms with Crippen molar-refractivity contribution in [2.24, 2.45) is 0 Å². The fourth-order valence-electron chi connectivity index (χ4n) is 2.96. The highest BCUT2D eigenvalue weighted by Crippen LogP contribution is 2.48. The van der Waals surface area contributed by atoms with Crippen LogP contribution in [0.2, 0.25) is 0 Å². The maximum Gasteiger partial charge on any atom is 0.230 e. The van der Waals surface area contributed by atoms with Crippen molar-refractivity contribution >= 4 is 17.2 Å². The molecule has 1 saturated carbocycles. The monoisotopic (exact) mass is 332 g/mol. The first-order valence-corrected chi connectivity index (χ1v) is 8.70. The first kappa shape index (κ1) is 16.1. The SMILES string of the molecule is CN(C)[C@H](CNC(=O)C1(c2ccc(F)cc2)CC1)c1ccsc1. The molecule has 2 aromatic rings. The summed E-state index contributed by atoms with van der Waals surface area (Å²) in [6, 6.07) is 8.56. The average molecular weight is 332 g/mol. The van der Waals surface area contributed by atoms with Gasteiger partial charge >= 0.3 is 0 Å². The lowest BCUT2D eigenvalue weighted by Gasteiger charge is -2.25. The van der Waals surface area contributed by atoms with Crippen LogP contribution in [-0.4, -0.2) is 31.4 Å². The van der Waals surface area contributed by atoms with Gasteiger partial charge in [0.15, 0.2) is 0 Å². The number of hydrogen-bond donors (Lipinski definition) is 1. The van der Waals surface area contributed by atoms with Crippen LogP contribution in [0.25, 0.3) is 0 Å². The van der Waals surface area contributed by atoms with E-state index < -0.39 is 5.41 Å². The first-order chi connectivity index (χ1) is 11.0. The van der Waals surface area contributed by atoms with Crippen molar-refractivity contribution in [2.45, 2.75) is 24.3 Å². The molecule has 3 nitrogen and oxygen atoms in total. The quantitative estimate of drug-likeness (QED) is 0.880. The van der Waals surface area contributed by atoms with Crippen molar-refractivity contribution in [1.82, 2.24) is 10.2 Å². The van der Waals surface area contributed by atoms with Gasteiger partial charge in [-0.2, -0.15) is 11.3 Å². The molecule has 0 unspecified atom stereocenters. The number of thiophene rings is 1. The zero-order valence-electron chi connectivity index (χ0n) is 13.4. The second-order valence-electron chi connectivity index (χ2n) is 6.34. The maximum absolute atomic E-state index is 13.1. The molecule has 0 spiro atoms. The fraction of sp³-hybridized carbons (Fsp3) is 0.389. The van der Waals surface area contributed by atoms with E-state index >= 15 is 0 Å². The number of carbonyl (C=O) groups is 1. The number of likely N-dealkylation sites (N-methyl/N-ethyl adjacent to an activating group) is 1. The van der Waals surface area contributed by atoms with Crippen LogP contribution < -0.4 is 5.32 Å². The molecule has 0 bridgehead atoms. The molecule has 1 aliphatic rings. The number of nitrogens with one attached hydrogen (secondary N) is 1. The maximum atomic E-state index is 13.1. The fourth-order valence-corrected chi connectivity index (χ4v) is 3.67. The van der Waals surface area contributed by atoms with Crippen LogP contribution in [0.15, 0.2) is 41.1 Å². The number of benzene rings is 1. The van der Waals surface area contributed by atoms with E-state index in [9.17, 15) is 9.18 Å². The largest absolute Gasteiger partial charge is 0.353 e. The topological polar surface area (TPSA) is 32.3 Å². The highest BCUT2D eigenvalue weighted by atomic mass is 32.1. The molecule has 1 amide bonds. The third-order valence-corrected chi connectivity index (χ3v) is 5.29. The van der Waals surface area contributed by atoms with Crippen molar-refractivity contribution < 1.29 is 9.18 Å². The number of amides is 1. The minimum absolute atomic E-state index is 0.0474. The summed E-state index contributed by atoms with van der Waals surface area (Å²) in [6.45, 7) is 0.575. The minimum atomic E-state index is -0.459. The van der Waals surface area contributed by atoms with Crippen LogP contribution in [0.5, 0.6) is 0 Å². The van der Waals surface area contributed by atoms with Crippen molar-refractivity contribution in [2.75, 3.05) is 20.6 Å². The smallest absolute Gasteiger partial charge is 0.230 e. The van der Waals surface area contributed by atoms with E-state index in [1.165, 1.54) is 17.7 Å². The van der Waals surface area contributed by atoms with Gasteiger partial charge in [-0.25, -0.2) is 4.39 Å². The zero-order chi connectivity index (χ0) is 16.4. The molecular formula is C18H21FN2OS. The van der Waals surface area contributed by atoms with E-state index in [1.807, 2.05) is 14.1 Å². The van der Waals surface area contributed by atoms with Gasteiger partial charge in [-0.1, -0.05) is 12.1 Å². The Morgan fingerprint density at radius 2 is 2.00 bits per heavy atom. The second kappa shape index (κ2) is 6.42. The van der Waals surface area contributed by atoms with Crippen molar-refractivity contribution in [3.05, 3.63) is 58.0 Å². The number of nitrogens with zero attached hydrogens (tertiary/aromatic N) is 1. The lowest BCUT2D eigenvalue weighted by atomic mass is 9.94. The predicted octanol–water partition coefficient (Wildman–Crippen LogP) is 3.34. The van der Waals surface area contributed by atoms with Crippen molar-refractivity contribution in [3.8, 4) is 0 Å². The number of hydrogen-bond acceptors (Lipinski definition) is 3. The molecule has 0 aliphatic heterocycles. The molecule has 5 heteroatoms. The summed E-state index contributed by atoms with van der Waals surface area (Å²) in [5, 5.41) is 7.26. The Balaban J connectivity index is 1.68. The van der Waals surface area contributed by atoms with Gasteiger partial charge in [-0.05, 0) is 67.0 Å². The predicted molar refractivity (Wildman–Crippen MR) is 91.1 cm³/mol. The Hall–Kier alpha value is -1.72. The van der Waals surface area contributed by atoms with E-state index in [0.29, 0.717) is 6.54 Å². The summed E-state index contributed by atoms with van der Waals surface area (Å²) in [4.78, 5) is 14.8. The molecule has 3 rings (SSSR count). The lowest BCUT2D eigenvalue weighted by molar-refractivity contribution is -0.123. The summed E-state index contributed by atoms with van der Waals surface area (Å²) in [5.41, 5.74) is 1.67. The summed E-state index contributed by atoms with van der Waals surface area (Å²) in [5.74, 6) is -0.221. The third-order valence-electron chi connectivity index (χ3n) is 4.59. The van der Waals surface area contributed by atoms with E-state index in [2.05, 4.69) is 27.0 Å². The van der Waals surface area contributed by atoms with Gasteiger partial charge in [0.05, 0.1) is 11.5 Å². The number of carbonyl (C=O) groups excluding carboxylic acids is 1. The van der Waals surface area contributed by atoms with Crippen LogP contribution in [0.3, 0.4) is 0 Å². The van der Waals surface area contributed by atoms with E-state index in [-0.39, 0.29) is 17.8 Å². The molecule has 1 fully saturated rings. The van der Waals surface area contributed by atoms with E-state index in [1.54, 1.807) is 23.5 Å². The molecular weight excluding hydrogens is 311 g/mol. The Morgan fingerprint density at radius 3 is 2.52 bits per heavy atom. The van der Waals surface area contributed by atoms with Gasteiger partial charge in [-0.3, -0.25) is 4.79 Å². The van der Waals surface area contributed by atoms with Gasteiger partial charge in [0.25, 0.3) is 0 Å². The molecule has 1 N–H and O–H groups in total. The van der Waals surface area contributed by atoms with Crippen molar-refractivity contribution in [1.29, 1.82) is 0 Å². The minimum Gasteiger partial charge on any atom is -0.353 e. The van der Waals surface area contributed by atoms with Crippen molar-refractivity contribution in [3.63, 3.8) is 0 Å². The van der Waals surface area contributed by atoms with Gasteiger partial charge in [0.1, 0.15) is 5.82 Å². The molecule has 1 heterocycles. The van der Waals surface area contributed by atoms with Gasteiger partial charge in [-0.15, -0.1) is 0 Å². The first-order valence-electron chi connectivity index (χ1n) is 7.76. The molecule has 1 aromatic carbocycles. The summed E-state index contributed by atoms with van der Waals surface area (Å²) in [6.07, 6.45) is 1.66. The lowest BCUT2D eigenvalue weighted by Crippen LogP contribution is -2.40. The van der Waals surface area contributed by atoms with E-state index in [4.69, 9.17) is 0 Å². The van der Waals surface area contributed by atoms with Gasteiger partial charge in [0.2, 0.25) is 5.91 Å². The molecule has 0 radical (unpaired) electrons. The van der Waals surface area contributed by atoms with Crippen LogP contribution in [-0.2, 0) is 10.2 Å². The van der Waals surface area contributed by atoms with E-state index in [0.717, 1.165) is 18.4 Å². The van der Waals surface area contributed by atoms with Crippen LogP contribution in [0.4, 0.5) is 4.39 Å². The molecule has 0 saturated heterocycles. The molecule has 23 heavy (non-hydrogen) atoms. The van der Waals surface area contributed by atoms with Gasteiger partial charge < -0.3 is 10.2 Å². The zero-order valence-corrected chi connectivity index (χ0v) is 14.2. The van der Waals surface area contributed by atoms with Crippen LogP contribution in [0, 0.1) is 5.82 Å².